The zero-order chi connectivity index (χ0) is 14.6. The van der Waals surface area contributed by atoms with Crippen LogP contribution in [-0.4, -0.2) is 56.2 Å². The molecule has 0 aromatic carbocycles. The summed E-state index contributed by atoms with van der Waals surface area (Å²) in [6, 6.07) is 0. The molecule has 0 saturated carbocycles. The van der Waals surface area contributed by atoms with Crippen LogP contribution in [0.3, 0.4) is 0 Å². The topological polar surface area (TPSA) is 83.9 Å². The number of alkyl halides is 2. The van der Waals surface area contributed by atoms with Crippen LogP contribution in [0.25, 0.3) is 0 Å². The molecule has 0 aliphatic carbocycles. The Kier molecular flexibility index (Phi) is 3.66. The summed E-state index contributed by atoms with van der Waals surface area (Å²) in [4.78, 5) is 36.5. The average Bonchev–Trinajstić information content (AvgIpc) is 2.97. The molecular weight excluding hydrogens is 398 g/mol. The Hall–Kier alpha value is -0.470. The molecule has 3 fully saturated rings. The van der Waals surface area contributed by atoms with Crippen molar-refractivity contribution >= 4 is 49.6 Å². The molecule has 2 bridgehead atoms. The number of hydrogen-bond donors (Lipinski definition) is 1. The van der Waals surface area contributed by atoms with Gasteiger partial charge >= 0.3 is 5.97 Å². The monoisotopic (exact) mass is 409 g/mol. The Balaban J connectivity index is 1.74. The lowest BCUT2D eigenvalue weighted by atomic mass is 9.81. The summed E-state index contributed by atoms with van der Waals surface area (Å²) >= 11 is 7.01. The molecule has 0 aromatic rings. The molecule has 0 spiro atoms. The number of carboxylic acid groups (broad SMARTS) is 1. The highest BCUT2D eigenvalue weighted by Crippen LogP contribution is 2.52. The van der Waals surface area contributed by atoms with Gasteiger partial charge in [0, 0.05) is 13.0 Å². The molecule has 3 aliphatic rings. The number of nitrogens with zero attached hydrogens (tertiary/aromatic N) is 1. The number of imide groups is 1. The second-order valence-electron chi connectivity index (χ2n) is 5.33. The lowest BCUT2D eigenvalue weighted by Crippen LogP contribution is -2.42. The fourth-order valence-electron chi connectivity index (χ4n) is 3.33. The Labute approximate surface area is 132 Å². The van der Waals surface area contributed by atoms with Crippen LogP contribution in [0.4, 0.5) is 0 Å². The predicted octanol–water partition coefficient (Wildman–Crippen LogP) is 0.760. The summed E-state index contributed by atoms with van der Waals surface area (Å²) in [5, 5.41) is 8.62. The van der Waals surface area contributed by atoms with Crippen molar-refractivity contribution < 1.29 is 24.2 Å². The van der Waals surface area contributed by atoms with Crippen molar-refractivity contribution in [1.29, 1.82) is 0 Å². The highest BCUT2D eigenvalue weighted by atomic mass is 79.9. The second kappa shape index (κ2) is 5.06. The molecule has 110 valence electrons. The Morgan fingerprint density at radius 1 is 1.15 bits per heavy atom. The number of ether oxygens (including phenoxy) is 1. The van der Waals surface area contributed by atoms with Gasteiger partial charge in [-0.3, -0.25) is 19.3 Å². The molecule has 6 atom stereocenters. The van der Waals surface area contributed by atoms with Gasteiger partial charge in [0.1, 0.15) is 0 Å². The van der Waals surface area contributed by atoms with Crippen LogP contribution in [-0.2, 0) is 19.1 Å². The quantitative estimate of drug-likeness (QED) is 0.546. The van der Waals surface area contributed by atoms with E-state index in [0.29, 0.717) is 0 Å². The van der Waals surface area contributed by atoms with Crippen molar-refractivity contribution in [2.24, 2.45) is 11.8 Å². The van der Waals surface area contributed by atoms with Gasteiger partial charge in [0.2, 0.25) is 11.8 Å². The Morgan fingerprint density at radius 3 is 2.10 bits per heavy atom. The average molecular weight is 411 g/mol. The van der Waals surface area contributed by atoms with Crippen LogP contribution in [0.1, 0.15) is 12.8 Å². The Bertz CT molecular complexity index is 452. The van der Waals surface area contributed by atoms with Crippen LogP contribution >= 0.6 is 31.9 Å². The van der Waals surface area contributed by atoms with Crippen LogP contribution < -0.4 is 0 Å². The first-order valence-corrected chi connectivity index (χ1v) is 8.27. The first-order valence-electron chi connectivity index (χ1n) is 6.44. The summed E-state index contributed by atoms with van der Waals surface area (Å²) in [7, 11) is 0. The molecule has 20 heavy (non-hydrogen) atoms. The molecule has 0 unspecified atom stereocenters. The van der Waals surface area contributed by atoms with Gasteiger partial charge in [-0.2, -0.15) is 0 Å². The van der Waals surface area contributed by atoms with Gasteiger partial charge in [-0.1, -0.05) is 31.9 Å². The van der Waals surface area contributed by atoms with E-state index in [1.54, 1.807) is 0 Å². The van der Waals surface area contributed by atoms with Crippen molar-refractivity contribution in [1.82, 2.24) is 4.90 Å². The first-order chi connectivity index (χ1) is 9.43. The third-order valence-corrected chi connectivity index (χ3v) is 7.11. The number of fused-ring (bicyclic) bond motifs is 5. The first kappa shape index (κ1) is 14.5. The third-order valence-electron chi connectivity index (χ3n) is 4.22. The maximum atomic E-state index is 12.4. The smallest absolute Gasteiger partial charge is 0.303 e. The minimum absolute atomic E-state index is 0.0180. The molecule has 3 rings (SSSR count). The largest absolute Gasteiger partial charge is 0.481 e. The molecule has 8 heteroatoms. The van der Waals surface area contributed by atoms with Gasteiger partial charge in [0.05, 0.1) is 33.7 Å². The van der Waals surface area contributed by atoms with Gasteiger partial charge in [-0.05, 0) is 6.42 Å². The van der Waals surface area contributed by atoms with Crippen LogP contribution in [0, 0.1) is 11.8 Å². The number of likely N-dealkylation sites (tertiary alicyclic amines) is 1. The summed E-state index contributed by atoms with van der Waals surface area (Å²) in [5.74, 6) is -2.21. The van der Waals surface area contributed by atoms with Gasteiger partial charge in [-0.15, -0.1) is 0 Å². The summed E-state index contributed by atoms with van der Waals surface area (Å²) < 4.78 is 5.74. The molecule has 1 N–H and O–H groups in total. The molecule has 3 heterocycles. The van der Waals surface area contributed by atoms with Crippen molar-refractivity contribution in [2.45, 2.75) is 34.7 Å². The number of amides is 2. The van der Waals surface area contributed by atoms with Crippen molar-refractivity contribution in [3.05, 3.63) is 0 Å². The Morgan fingerprint density at radius 2 is 1.65 bits per heavy atom. The minimum Gasteiger partial charge on any atom is -0.481 e. The number of aliphatic carboxylic acids is 1. The number of carbonyl (C=O) groups is 3. The molecule has 0 radical (unpaired) electrons. The van der Waals surface area contributed by atoms with Crippen molar-refractivity contribution in [2.75, 3.05) is 6.54 Å². The predicted molar refractivity (Wildman–Crippen MR) is 74.7 cm³/mol. The van der Waals surface area contributed by atoms with E-state index < -0.39 is 17.8 Å². The molecular formula is C12H13Br2NO5. The number of carbonyl (C=O) groups excluding carboxylic acids is 2. The van der Waals surface area contributed by atoms with E-state index >= 15 is 0 Å². The number of carboxylic acids is 1. The highest BCUT2D eigenvalue weighted by Gasteiger charge is 2.67. The van der Waals surface area contributed by atoms with Crippen molar-refractivity contribution in [3.63, 3.8) is 0 Å². The van der Waals surface area contributed by atoms with E-state index in [1.165, 1.54) is 4.90 Å². The fraction of sp³-hybridized carbons (Fsp3) is 0.750. The number of halogens is 2. The van der Waals surface area contributed by atoms with Gasteiger partial charge in [0.15, 0.2) is 0 Å². The van der Waals surface area contributed by atoms with Crippen molar-refractivity contribution in [3.8, 4) is 0 Å². The van der Waals surface area contributed by atoms with E-state index in [2.05, 4.69) is 31.9 Å². The third kappa shape index (κ3) is 1.95. The molecule has 3 aliphatic heterocycles. The molecule has 6 nitrogen and oxygen atoms in total. The van der Waals surface area contributed by atoms with E-state index in [0.717, 1.165) is 0 Å². The highest BCUT2D eigenvalue weighted by molar-refractivity contribution is 9.12. The van der Waals surface area contributed by atoms with Gasteiger partial charge < -0.3 is 9.84 Å². The number of rotatable bonds is 4. The lowest BCUT2D eigenvalue weighted by Gasteiger charge is -2.24. The maximum Gasteiger partial charge on any atom is 0.303 e. The van der Waals surface area contributed by atoms with E-state index in [1.807, 2.05) is 0 Å². The normalized spacial score (nSPS) is 42.4. The molecule has 3 saturated heterocycles. The zero-order valence-electron chi connectivity index (χ0n) is 10.4. The zero-order valence-corrected chi connectivity index (χ0v) is 13.5. The van der Waals surface area contributed by atoms with Crippen LogP contribution in [0.5, 0.6) is 0 Å². The van der Waals surface area contributed by atoms with E-state index in [4.69, 9.17) is 9.84 Å². The van der Waals surface area contributed by atoms with Crippen LogP contribution in [0.2, 0.25) is 0 Å². The fourth-order valence-corrected chi connectivity index (χ4v) is 4.84. The van der Waals surface area contributed by atoms with Gasteiger partial charge in [0.25, 0.3) is 0 Å². The van der Waals surface area contributed by atoms with E-state index in [9.17, 15) is 14.4 Å². The molecule has 0 aromatic heterocycles. The van der Waals surface area contributed by atoms with E-state index in [-0.39, 0.29) is 53.1 Å². The molecule has 2 amide bonds. The SMILES string of the molecule is O=C(O)CCCN1C(=O)[C@@H]2[C@H]3O[C@@H]([C@@H](Br)[C@H]3Br)[C@H]2C1=O. The van der Waals surface area contributed by atoms with Gasteiger partial charge in [-0.25, -0.2) is 0 Å². The lowest BCUT2D eigenvalue weighted by molar-refractivity contribution is -0.144. The summed E-state index contributed by atoms with van der Waals surface area (Å²) in [5.41, 5.74) is 0. The summed E-state index contributed by atoms with van der Waals surface area (Å²) in [6.45, 7) is 0.177. The summed E-state index contributed by atoms with van der Waals surface area (Å²) in [6.07, 6.45) is -0.318. The van der Waals surface area contributed by atoms with Crippen LogP contribution in [0.15, 0.2) is 0 Å². The maximum absolute atomic E-state index is 12.4. The second-order valence-corrected chi connectivity index (χ2v) is 7.45. The minimum atomic E-state index is -0.922. The number of hydrogen-bond acceptors (Lipinski definition) is 4. The standard InChI is InChI=1S/C12H13Br2NO5/c13-7-8(14)10-6-5(9(7)20-10)11(18)15(12(6)19)3-1-2-4(16)17/h5-10H,1-3H2,(H,16,17)/t5-,6-,7-,8+,9+,10+/m0/s1.